The number of hydrogen-bond donors (Lipinski definition) is 1. The van der Waals surface area contributed by atoms with E-state index in [1.807, 2.05) is 12.1 Å². The van der Waals surface area contributed by atoms with Gasteiger partial charge in [-0.2, -0.15) is 0 Å². The smallest absolute Gasteiger partial charge is 0.335 e. The third-order valence-electron chi connectivity index (χ3n) is 3.05. The average Bonchev–Trinajstić information content (AvgIpc) is 2.75. The summed E-state index contributed by atoms with van der Waals surface area (Å²) in [6.45, 7) is 4.43. The molecule has 0 aromatic heterocycles. The second kappa shape index (κ2) is 2.84. The van der Waals surface area contributed by atoms with Crippen LogP contribution in [0.25, 0.3) is 0 Å². The minimum atomic E-state index is -0.842. The standard InChI is InChI=1S/C12H14O2/c1-12(2)7-10(12)8-4-3-5-9(6-8)11(13)14/h3-6,10H,7H2,1-2H3,(H,13,14). The molecule has 0 saturated heterocycles. The van der Waals surface area contributed by atoms with Gasteiger partial charge < -0.3 is 5.11 Å². The van der Waals surface area contributed by atoms with Crippen LogP contribution in [0.1, 0.15) is 42.1 Å². The Morgan fingerprint density at radius 3 is 2.64 bits per heavy atom. The van der Waals surface area contributed by atoms with Gasteiger partial charge in [0.05, 0.1) is 5.56 Å². The predicted molar refractivity (Wildman–Crippen MR) is 54.5 cm³/mol. The van der Waals surface area contributed by atoms with Crippen molar-refractivity contribution < 1.29 is 9.90 Å². The number of carboxylic acids is 1. The summed E-state index contributed by atoms with van der Waals surface area (Å²) in [7, 11) is 0. The molecule has 1 fully saturated rings. The van der Waals surface area contributed by atoms with Gasteiger partial charge in [-0.05, 0) is 35.4 Å². The zero-order chi connectivity index (χ0) is 10.3. The molecule has 0 radical (unpaired) electrons. The summed E-state index contributed by atoms with van der Waals surface area (Å²) in [6, 6.07) is 7.28. The predicted octanol–water partition coefficient (Wildman–Crippen LogP) is 2.90. The van der Waals surface area contributed by atoms with Crippen LogP contribution in [-0.2, 0) is 0 Å². The van der Waals surface area contributed by atoms with Gasteiger partial charge in [-0.3, -0.25) is 0 Å². The maximum absolute atomic E-state index is 10.8. The Morgan fingerprint density at radius 2 is 2.14 bits per heavy atom. The molecule has 1 aliphatic rings. The second-order valence-corrected chi connectivity index (χ2v) is 4.68. The minimum absolute atomic E-state index is 0.358. The molecule has 1 aromatic carbocycles. The topological polar surface area (TPSA) is 37.3 Å². The number of aromatic carboxylic acids is 1. The molecule has 0 heterocycles. The van der Waals surface area contributed by atoms with Crippen LogP contribution in [0.3, 0.4) is 0 Å². The zero-order valence-corrected chi connectivity index (χ0v) is 8.45. The lowest BCUT2D eigenvalue weighted by molar-refractivity contribution is 0.0696. The molecule has 0 spiro atoms. The summed E-state index contributed by atoms with van der Waals surface area (Å²) < 4.78 is 0. The Kier molecular flexibility index (Phi) is 1.88. The SMILES string of the molecule is CC1(C)CC1c1cccc(C(=O)O)c1. The van der Waals surface area contributed by atoms with Crippen molar-refractivity contribution >= 4 is 5.97 Å². The fourth-order valence-corrected chi connectivity index (χ4v) is 1.92. The zero-order valence-electron chi connectivity index (χ0n) is 8.45. The monoisotopic (exact) mass is 190 g/mol. The van der Waals surface area contributed by atoms with Crippen LogP contribution in [0.5, 0.6) is 0 Å². The number of hydrogen-bond acceptors (Lipinski definition) is 1. The van der Waals surface area contributed by atoms with E-state index in [4.69, 9.17) is 5.11 Å². The Balaban J connectivity index is 2.28. The van der Waals surface area contributed by atoms with Crippen molar-refractivity contribution in [3.05, 3.63) is 35.4 Å². The molecule has 1 aliphatic carbocycles. The van der Waals surface area contributed by atoms with Crippen molar-refractivity contribution in [1.82, 2.24) is 0 Å². The van der Waals surface area contributed by atoms with Crippen LogP contribution in [0, 0.1) is 5.41 Å². The largest absolute Gasteiger partial charge is 0.478 e. The van der Waals surface area contributed by atoms with E-state index in [9.17, 15) is 4.79 Å². The van der Waals surface area contributed by atoms with Gasteiger partial charge in [0.15, 0.2) is 0 Å². The van der Waals surface area contributed by atoms with Crippen LogP contribution >= 0.6 is 0 Å². The van der Waals surface area contributed by atoms with E-state index in [0.29, 0.717) is 16.9 Å². The minimum Gasteiger partial charge on any atom is -0.478 e. The summed E-state index contributed by atoms with van der Waals surface area (Å²) in [6.07, 6.45) is 1.16. The highest BCUT2D eigenvalue weighted by molar-refractivity contribution is 5.87. The summed E-state index contributed by atoms with van der Waals surface area (Å²) in [5, 5.41) is 8.84. The van der Waals surface area contributed by atoms with Gasteiger partial charge in [0.25, 0.3) is 0 Å². The molecule has 0 bridgehead atoms. The Morgan fingerprint density at radius 1 is 1.50 bits per heavy atom. The second-order valence-electron chi connectivity index (χ2n) is 4.68. The van der Waals surface area contributed by atoms with Crippen LogP contribution in [0.4, 0.5) is 0 Å². The van der Waals surface area contributed by atoms with Crippen LogP contribution in [-0.4, -0.2) is 11.1 Å². The third kappa shape index (κ3) is 1.52. The summed E-state index contributed by atoms with van der Waals surface area (Å²) in [5.41, 5.74) is 1.91. The number of benzene rings is 1. The molecule has 2 heteroatoms. The van der Waals surface area contributed by atoms with Crippen LogP contribution < -0.4 is 0 Å². The Hall–Kier alpha value is -1.31. The van der Waals surface area contributed by atoms with Crippen molar-refractivity contribution in [2.24, 2.45) is 5.41 Å². The van der Waals surface area contributed by atoms with Gasteiger partial charge >= 0.3 is 5.97 Å². The lowest BCUT2D eigenvalue weighted by atomic mass is 10.0. The van der Waals surface area contributed by atoms with Gasteiger partial charge in [0.1, 0.15) is 0 Å². The molecule has 74 valence electrons. The van der Waals surface area contributed by atoms with E-state index in [1.165, 1.54) is 0 Å². The average molecular weight is 190 g/mol. The summed E-state index contributed by atoms with van der Waals surface area (Å²) in [5.74, 6) is -0.299. The summed E-state index contributed by atoms with van der Waals surface area (Å²) >= 11 is 0. The molecule has 14 heavy (non-hydrogen) atoms. The molecule has 1 N–H and O–H groups in total. The van der Waals surface area contributed by atoms with Crippen molar-refractivity contribution in [3.8, 4) is 0 Å². The third-order valence-corrected chi connectivity index (χ3v) is 3.05. The van der Waals surface area contributed by atoms with Crippen LogP contribution in [0.15, 0.2) is 24.3 Å². The van der Waals surface area contributed by atoms with Crippen molar-refractivity contribution in [3.63, 3.8) is 0 Å². The molecule has 2 nitrogen and oxygen atoms in total. The quantitative estimate of drug-likeness (QED) is 0.778. The number of rotatable bonds is 2. The molecule has 1 atom stereocenters. The maximum Gasteiger partial charge on any atom is 0.335 e. The number of carbonyl (C=O) groups is 1. The first kappa shape index (κ1) is 9.25. The molecule has 2 rings (SSSR count). The van der Waals surface area contributed by atoms with Crippen molar-refractivity contribution in [1.29, 1.82) is 0 Å². The Labute approximate surface area is 83.6 Å². The molecular formula is C12H14O2. The molecular weight excluding hydrogens is 176 g/mol. The maximum atomic E-state index is 10.8. The fraction of sp³-hybridized carbons (Fsp3) is 0.417. The molecule has 0 aliphatic heterocycles. The lowest BCUT2D eigenvalue weighted by Gasteiger charge is -2.04. The first-order valence-electron chi connectivity index (χ1n) is 4.84. The number of carboxylic acid groups (broad SMARTS) is 1. The van der Waals surface area contributed by atoms with Gasteiger partial charge in [-0.15, -0.1) is 0 Å². The molecule has 0 amide bonds. The van der Waals surface area contributed by atoms with Gasteiger partial charge in [0.2, 0.25) is 0 Å². The molecule has 1 aromatic rings. The Bertz CT molecular complexity index is 380. The van der Waals surface area contributed by atoms with E-state index in [0.717, 1.165) is 12.0 Å². The van der Waals surface area contributed by atoms with Gasteiger partial charge in [0, 0.05) is 0 Å². The highest BCUT2D eigenvalue weighted by Crippen LogP contribution is 2.58. The fourth-order valence-electron chi connectivity index (χ4n) is 1.92. The highest BCUT2D eigenvalue weighted by Gasteiger charge is 2.46. The lowest BCUT2D eigenvalue weighted by Crippen LogP contribution is -1.97. The van der Waals surface area contributed by atoms with E-state index < -0.39 is 5.97 Å². The van der Waals surface area contributed by atoms with Crippen LogP contribution in [0.2, 0.25) is 0 Å². The van der Waals surface area contributed by atoms with E-state index in [-0.39, 0.29) is 0 Å². The molecule has 1 saturated carbocycles. The normalized spacial score (nSPS) is 23.1. The van der Waals surface area contributed by atoms with Crippen molar-refractivity contribution in [2.45, 2.75) is 26.2 Å². The van der Waals surface area contributed by atoms with E-state index >= 15 is 0 Å². The first-order chi connectivity index (χ1) is 6.50. The van der Waals surface area contributed by atoms with E-state index in [1.54, 1.807) is 12.1 Å². The van der Waals surface area contributed by atoms with Crippen molar-refractivity contribution in [2.75, 3.05) is 0 Å². The van der Waals surface area contributed by atoms with E-state index in [2.05, 4.69) is 13.8 Å². The summed E-state index contributed by atoms with van der Waals surface area (Å²) in [4.78, 5) is 10.8. The first-order valence-corrected chi connectivity index (χ1v) is 4.84. The van der Waals surface area contributed by atoms with Gasteiger partial charge in [-0.25, -0.2) is 4.79 Å². The molecule has 1 unspecified atom stereocenters. The van der Waals surface area contributed by atoms with Gasteiger partial charge in [-0.1, -0.05) is 26.0 Å². The highest BCUT2D eigenvalue weighted by atomic mass is 16.4.